The van der Waals surface area contributed by atoms with E-state index in [0.29, 0.717) is 17.4 Å². The Kier molecular flexibility index (Phi) is 2.77. The van der Waals surface area contributed by atoms with Crippen LogP contribution in [0.3, 0.4) is 0 Å². The fourth-order valence-electron chi connectivity index (χ4n) is 1.62. The van der Waals surface area contributed by atoms with E-state index in [1.54, 1.807) is 6.20 Å². The number of aryl methyl sites for hydroxylation is 1. The van der Waals surface area contributed by atoms with Gasteiger partial charge in [0.2, 0.25) is 0 Å². The second-order valence-corrected chi connectivity index (χ2v) is 4.00. The summed E-state index contributed by atoms with van der Waals surface area (Å²) in [6, 6.07) is 0. The fourth-order valence-corrected chi connectivity index (χ4v) is 1.98. The number of thioether (sulfide) groups is 1. The summed E-state index contributed by atoms with van der Waals surface area (Å²) in [7, 11) is 0. The highest BCUT2D eigenvalue weighted by Crippen LogP contribution is 2.26. The predicted octanol–water partition coefficient (Wildman–Crippen LogP) is 1.63. The number of carboxylic acid groups (broad SMARTS) is 1. The number of nitrogens with zero attached hydrogens (tertiary/aromatic N) is 3. The van der Waals surface area contributed by atoms with Gasteiger partial charge in [-0.1, -0.05) is 11.8 Å². The van der Waals surface area contributed by atoms with Crippen LogP contribution in [0.1, 0.15) is 12.1 Å². The van der Waals surface area contributed by atoms with Gasteiger partial charge in [-0.25, -0.2) is 14.8 Å². The van der Waals surface area contributed by atoms with Gasteiger partial charge in [-0.05, 0) is 19.1 Å². The Labute approximate surface area is 91.5 Å². The molecule has 6 heteroatoms. The molecule has 15 heavy (non-hydrogen) atoms. The Morgan fingerprint density at radius 1 is 1.67 bits per heavy atom. The molecule has 5 nitrogen and oxygen atoms in total. The molecule has 1 aromatic heterocycles. The number of hydrogen-bond acceptors (Lipinski definition) is 4. The molecular weight excluding hydrogens is 214 g/mol. The van der Waals surface area contributed by atoms with Crippen LogP contribution in [0.2, 0.25) is 0 Å². The van der Waals surface area contributed by atoms with Gasteiger partial charge in [0.05, 0.1) is 17.6 Å². The Balaban J connectivity index is 2.40. The van der Waals surface area contributed by atoms with E-state index in [1.165, 1.54) is 16.7 Å². The minimum atomic E-state index is -0.934. The van der Waals surface area contributed by atoms with Gasteiger partial charge >= 0.3 is 6.09 Å². The van der Waals surface area contributed by atoms with Crippen molar-refractivity contribution in [3.8, 4) is 0 Å². The van der Waals surface area contributed by atoms with Crippen molar-refractivity contribution < 1.29 is 9.90 Å². The van der Waals surface area contributed by atoms with Gasteiger partial charge in [0, 0.05) is 6.54 Å². The van der Waals surface area contributed by atoms with Gasteiger partial charge in [0.1, 0.15) is 0 Å². The highest BCUT2D eigenvalue weighted by atomic mass is 32.2. The van der Waals surface area contributed by atoms with Gasteiger partial charge in [-0.2, -0.15) is 0 Å². The van der Waals surface area contributed by atoms with Crippen LogP contribution < -0.4 is 4.90 Å². The van der Waals surface area contributed by atoms with E-state index < -0.39 is 6.09 Å². The van der Waals surface area contributed by atoms with Crippen molar-refractivity contribution in [3.63, 3.8) is 0 Å². The molecule has 1 aliphatic heterocycles. The van der Waals surface area contributed by atoms with Crippen molar-refractivity contribution >= 4 is 23.5 Å². The summed E-state index contributed by atoms with van der Waals surface area (Å²) >= 11 is 1.46. The third kappa shape index (κ3) is 1.90. The molecule has 0 fully saturated rings. The van der Waals surface area contributed by atoms with E-state index in [1.807, 2.05) is 6.26 Å². The SMILES string of the molecule is CSc1ncc2c(n1)CCCN2C(=O)O. The monoisotopic (exact) mass is 225 g/mol. The van der Waals surface area contributed by atoms with E-state index in [-0.39, 0.29) is 0 Å². The number of amides is 1. The van der Waals surface area contributed by atoms with Gasteiger partial charge in [0.25, 0.3) is 0 Å². The molecule has 0 radical (unpaired) electrons. The molecule has 1 N–H and O–H groups in total. The van der Waals surface area contributed by atoms with Crippen molar-refractivity contribution in [3.05, 3.63) is 11.9 Å². The maximum absolute atomic E-state index is 10.9. The summed E-state index contributed by atoms with van der Waals surface area (Å²) in [6.45, 7) is 0.532. The number of fused-ring (bicyclic) bond motifs is 1. The smallest absolute Gasteiger partial charge is 0.411 e. The summed E-state index contributed by atoms with van der Waals surface area (Å²) in [5.41, 5.74) is 1.47. The van der Waals surface area contributed by atoms with Crippen molar-refractivity contribution in [1.29, 1.82) is 0 Å². The number of aromatic nitrogens is 2. The largest absolute Gasteiger partial charge is 0.465 e. The highest BCUT2D eigenvalue weighted by molar-refractivity contribution is 7.98. The van der Waals surface area contributed by atoms with Crippen molar-refractivity contribution in [2.75, 3.05) is 17.7 Å². The standard InChI is InChI=1S/C9H11N3O2S/c1-15-8-10-5-7-6(11-8)3-2-4-12(7)9(13)14/h5H,2-4H2,1H3,(H,13,14). The second kappa shape index (κ2) is 4.06. The average molecular weight is 225 g/mol. The summed E-state index contributed by atoms with van der Waals surface area (Å²) in [6.07, 6.45) is 4.22. The molecule has 0 unspecified atom stereocenters. The lowest BCUT2D eigenvalue weighted by atomic mass is 10.1. The number of anilines is 1. The van der Waals surface area contributed by atoms with Gasteiger partial charge in [-0.15, -0.1) is 0 Å². The summed E-state index contributed by atoms with van der Waals surface area (Å²) in [5, 5.41) is 9.67. The first kappa shape index (κ1) is 10.2. The zero-order chi connectivity index (χ0) is 10.8. The topological polar surface area (TPSA) is 66.3 Å². The van der Waals surface area contributed by atoms with E-state index in [0.717, 1.165) is 18.5 Å². The lowest BCUT2D eigenvalue weighted by Gasteiger charge is -2.25. The van der Waals surface area contributed by atoms with Crippen LogP contribution in [-0.2, 0) is 6.42 Å². The number of carbonyl (C=O) groups is 1. The van der Waals surface area contributed by atoms with Gasteiger partial charge in [0.15, 0.2) is 5.16 Å². The molecule has 0 aliphatic carbocycles. The zero-order valence-electron chi connectivity index (χ0n) is 8.30. The first-order chi connectivity index (χ1) is 7.22. The van der Waals surface area contributed by atoms with E-state index in [4.69, 9.17) is 5.11 Å². The van der Waals surface area contributed by atoms with Crippen LogP contribution in [-0.4, -0.2) is 34.0 Å². The summed E-state index contributed by atoms with van der Waals surface area (Å²) in [4.78, 5) is 20.6. The van der Waals surface area contributed by atoms with Crippen LogP contribution in [0.25, 0.3) is 0 Å². The zero-order valence-corrected chi connectivity index (χ0v) is 9.12. The lowest BCUT2D eigenvalue weighted by molar-refractivity contribution is 0.201. The quantitative estimate of drug-likeness (QED) is 0.581. The van der Waals surface area contributed by atoms with Crippen LogP contribution in [0.15, 0.2) is 11.4 Å². The fraction of sp³-hybridized carbons (Fsp3) is 0.444. The molecule has 0 atom stereocenters. The van der Waals surface area contributed by atoms with Crippen LogP contribution in [0.5, 0.6) is 0 Å². The van der Waals surface area contributed by atoms with Crippen molar-refractivity contribution in [2.45, 2.75) is 18.0 Å². The van der Waals surface area contributed by atoms with Crippen molar-refractivity contribution in [2.24, 2.45) is 0 Å². The molecule has 0 saturated heterocycles. The van der Waals surface area contributed by atoms with E-state index in [9.17, 15) is 4.79 Å². The molecule has 2 rings (SSSR count). The van der Waals surface area contributed by atoms with Gasteiger partial charge in [-0.3, -0.25) is 4.90 Å². The normalized spacial score (nSPS) is 14.9. The summed E-state index contributed by atoms with van der Waals surface area (Å²) < 4.78 is 0. The average Bonchev–Trinajstić information content (AvgIpc) is 2.27. The first-order valence-electron chi connectivity index (χ1n) is 4.62. The molecule has 0 bridgehead atoms. The minimum Gasteiger partial charge on any atom is -0.465 e. The Morgan fingerprint density at radius 3 is 3.13 bits per heavy atom. The van der Waals surface area contributed by atoms with Gasteiger partial charge < -0.3 is 5.11 Å². The molecule has 1 amide bonds. The molecule has 1 aromatic rings. The molecule has 0 saturated carbocycles. The Hall–Kier alpha value is -1.30. The maximum Gasteiger partial charge on any atom is 0.411 e. The molecular formula is C9H11N3O2S. The number of hydrogen-bond donors (Lipinski definition) is 1. The van der Waals surface area contributed by atoms with E-state index in [2.05, 4.69) is 9.97 Å². The van der Waals surface area contributed by atoms with Crippen LogP contribution >= 0.6 is 11.8 Å². The number of rotatable bonds is 1. The molecule has 1 aliphatic rings. The predicted molar refractivity (Wildman–Crippen MR) is 57.5 cm³/mol. The Bertz CT molecular complexity index is 397. The van der Waals surface area contributed by atoms with Crippen LogP contribution in [0, 0.1) is 0 Å². The summed E-state index contributed by atoms with van der Waals surface area (Å²) in [5.74, 6) is 0. The second-order valence-electron chi connectivity index (χ2n) is 3.23. The Morgan fingerprint density at radius 2 is 2.47 bits per heavy atom. The third-order valence-corrected chi connectivity index (χ3v) is 2.88. The maximum atomic E-state index is 10.9. The minimum absolute atomic E-state index is 0.532. The molecule has 2 heterocycles. The lowest BCUT2D eigenvalue weighted by Crippen LogP contribution is -2.34. The van der Waals surface area contributed by atoms with Crippen LogP contribution in [0.4, 0.5) is 10.5 Å². The molecule has 0 spiro atoms. The third-order valence-electron chi connectivity index (χ3n) is 2.32. The van der Waals surface area contributed by atoms with E-state index >= 15 is 0 Å². The van der Waals surface area contributed by atoms with Crippen molar-refractivity contribution in [1.82, 2.24) is 9.97 Å². The highest BCUT2D eigenvalue weighted by Gasteiger charge is 2.23. The molecule has 0 aromatic carbocycles. The molecule has 80 valence electrons. The first-order valence-corrected chi connectivity index (χ1v) is 5.85.